The molecule has 0 aliphatic heterocycles. The molecule has 0 aliphatic rings. The fourth-order valence-electron chi connectivity index (χ4n) is 1.91. The van der Waals surface area contributed by atoms with E-state index in [4.69, 9.17) is 4.74 Å². The van der Waals surface area contributed by atoms with Crippen molar-refractivity contribution >= 4 is 29.9 Å². The van der Waals surface area contributed by atoms with E-state index in [-0.39, 0.29) is 30.6 Å². The summed E-state index contributed by atoms with van der Waals surface area (Å²) in [6, 6.07) is 7.59. The summed E-state index contributed by atoms with van der Waals surface area (Å²) in [6.45, 7) is 2.35. The number of rotatable bonds is 9. The van der Waals surface area contributed by atoms with Crippen molar-refractivity contribution in [1.29, 1.82) is 0 Å². The van der Waals surface area contributed by atoms with Gasteiger partial charge in [0, 0.05) is 25.3 Å². The Morgan fingerprint density at radius 1 is 1.20 bits per heavy atom. The number of nitrogens with one attached hydrogen (secondary N) is 2. The zero-order chi connectivity index (χ0) is 17.8. The summed E-state index contributed by atoms with van der Waals surface area (Å²) in [7, 11) is 1.60. The molecule has 0 heterocycles. The maximum absolute atomic E-state index is 11.9. The van der Waals surface area contributed by atoms with Crippen LogP contribution in [0.25, 0.3) is 0 Å². The van der Waals surface area contributed by atoms with E-state index in [1.54, 1.807) is 7.11 Å². The van der Waals surface area contributed by atoms with E-state index >= 15 is 0 Å². The molecule has 144 valence electrons. The Morgan fingerprint density at radius 2 is 1.92 bits per heavy atom. The van der Waals surface area contributed by atoms with Gasteiger partial charge in [-0.1, -0.05) is 18.2 Å². The van der Waals surface area contributed by atoms with Gasteiger partial charge in [0.15, 0.2) is 5.96 Å². The third kappa shape index (κ3) is 11.1. The first kappa shape index (κ1) is 23.8. The number of benzene rings is 1. The number of hydrogen-bond donors (Lipinski definition) is 2. The van der Waals surface area contributed by atoms with Gasteiger partial charge in [-0.25, -0.2) is 4.99 Å². The lowest BCUT2D eigenvalue weighted by Gasteiger charge is -2.12. The summed E-state index contributed by atoms with van der Waals surface area (Å²) in [5, 5.41) is 6.15. The summed E-state index contributed by atoms with van der Waals surface area (Å²) in [4.78, 5) is 4.44. The summed E-state index contributed by atoms with van der Waals surface area (Å²) in [6.07, 6.45) is -3.83. The molecule has 1 aromatic carbocycles. The standard InChI is InChI=1S/C16H24F3N3O2.HI/c1-3-20-15(21-9-6-10-24-12-16(17,18)19)22-11-13-7-4-5-8-14(13)23-2;/h4-5,7-8H,3,6,9-12H2,1-2H3,(H2,20,21,22);1H. The van der Waals surface area contributed by atoms with Crippen LogP contribution < -0.4 is 15.4 Å². The number of para-hydroxylation sites is 1. The number of halogens is 4. The zero-order valence-corrected chi connectivity index (χ0v) is 16.7. The molecule has 1 rings (SSSR count). The van der Waals surface area contributed by atoms with Crippen LogP contribution in [0.15, 0.2) is 29.3 Å². The maximum atomic E-state index is 11.9. The number of aliphatic imine (C=N–C) groups is 1. The number of methoxy groups -OCH3 is 1. The van der Waals surface area contributed by atoms with Crippen molar-refractivity contribution in [1.82, 2.24) is 10.6 Å². The first-order valence-electron chi connectivity index (χ1n) is 7.75. The Bertz CT molecular complexity index is 514. The van der Waals surface area contributed by atoms with Crippen molar-refractivity contribution in [3.63, 3.8) is 0 Å². The van der Waals surface area contributed by atoms with Crippen molar-refractivity contribution in [2.24, 2.45) is 4.99 Å². The predicted octanol–water partition coefficient (Wildman–Crippen LogP) is 3.34. The Hall–Kier alpha value is -1.23. The lowest BCUT2D eigenvalue weighted by Crippen LogP contribution is -2.38. The second kappa shape index (κ2) is 13.0. The van der Waals surface area contributed by atoms with Crippen molar-refractivity contribution in [3.05, 3.63) is 29.8 Å². The monoisotopic (exact) mass is 475 g/mol. The van der Waals surface area contributed by atoms with E-state index < -0.39 is 12.8 Å². The van der Waals surface area contributed by atoms with Crippen LogP contribution in [0.4, 0.5) is 13.2 Å². The maximum Gasteiger partial charge on any atom is 0.411 e. The van der Waals surface area contributed by atoms with Gasteiger partial charge in [-0.15, -0.1) is 24.0 Å². The molecule has 0 unspecified atom stereocenters. The fraction of sp³-hybridized carbons (Fsp3) is 0.562. The molecule has 0 bridgehead atoms. The number of alkyl halides is 3. The first-order valence-corrected chi connectivity index (χ1v) is 7.75. The van der Waals surface area contributed by atoms with Crippen molar-refractivity contribution in [3.8, 4) is 5.75 Å². The molecular weight excluding hydrogens is 450 g/mol. The molecule has 25 heavy (non-hydrogen) atoms. The number of hydrogen-bond acceptors (Lipinski definition) is 3. The van der Waals surface area contributed by atoms with Crippen LogP contribution in [-0.4, -0.2) is 45.5 Å². The highest BCUT2D eigenvalue weighted by Crippen LogP contribution is 2.17. The molecule has 9 heteroatoms. The van der Waals surface area contributed by atoms with Gasteiger partial charge in [0.05, 0.1) is 13.7 Å². The first-order chi connectivity index (χ1) is 11.5. The van der Waals surface area contributed by atoms with E-state index in [0.717, 1.165) is 11.3 Å². The van der Waals surface area contributed by atoms with Gasteiger partial charge in [-0.3, -0.25) is 0 Å². The quantitative estimate of drug-likeness (QED) is 0.249. The molecule has 5 nitrogen and oxygen atoms in total. The van der Waals surface area contributed by atoms with Crippen LogP contribution in [0.3, 0.4) is 0 Å². The van der Waals surface area contributed by atoms with E-state index in [9.17, 15) is 13.2 Å². The van der Waals surface area contributed by atoms with Gasteiger partial charge in [-0.05, 0) is 19.4 Å². The van der Waals surface area contributed by atoms with E-state index in [1.807, 2.05) is 31.2 Å². The number of nitrogens with zero attached hydrogens (tertiary/aromatic N) is 1. The number of ether oxygens (including phenoxy) is 2. The highest BCUT2D eigenvalue weighted by molar-refractivity contribution is 14.0. The van der Waals surface area contributed by atoms with Crippen LogP contribution in [0.1, 0.15) is 18.9 Å². The summed E-state index contributed by atoms with van der Waals surface area (Å²) < 4.78 is 45.6. The van der Waals surface area contributed by atoms with Gasteiger partial charge in [0.25, 0.3) is 0 Å². The third-order valence-corrected chi connectivity index (χ3v) is 2.97. The van der Waals surface area contributed by atoms with Crippen LogP contribution >= 0.6 is 24.0 Å². The fourth-order valence-corrected chi connectivity index (χ4v) is 1.91. The lowest BCUT2D eigenvalue weighted by atomic mass is 10.2. The molecule has 0 aliphatic carbocycles. The minimum absolute atomic E-state index is 0. The smallest absolute Gasteiger partial charge is 0.411 e. The van der Waals surface area contributed by atoms with Gasteiger partial charge in [0.2, 0.25) is 0 Å². The minimum Gasteiger partial charge on any atom is -0.496 e. The highest BCUT2D eigenvalue weighted by atomic mass is 127. The van der Waals surface area contributed by atoms with Gasteiger partial charge >= 0.3 is 6.18 Å². The van der Waals surface area contributed by atoms with Crippen LogP contribution in [0.5, 0.6) is 5.75 Å². The molecule has 0 spiro atoms. The van der Waals surface area contributed by atoms with E-state index in [0.29, 0.717) is 32.0 Å². The third-order valence-electron chi connectivity index (χ3n) is 2.97. The molecule has 0 saturated carbocycles. The molecule has 1 aromatic rings. The van der Waals surface area contributed by atoms with Crippen LogP contribution in [0.2, 0.25) is 0 Å². The van der Waals surface area contributed by atoms with Crippen molar-refractivity contribution in [2.45, 2.75) is 26.1 Å². The summed E-state index contributed by atoms with van der Waals surface area (Å²) in [5.41, 5.74) is 0.950. The average molecular weight is 475 g/mol. The van der Waals surface area contributed by atoms with Gasteiger partial charge in [-0.2, -0.15) is 13.2 Å². The predicted molar refractivity (Wildman–Crippen MR) is 103 cm³/mol. The topological polar surface area (TPSA) is 54.9 Å². The lowest BCUT2D eigenvalue weighted by molar-refractivity contribution is -0.173. The molecule has 0 atom stereocenters. The SMILES string of the molecule is CCNC(=NCc1ccccc1OC)NCCCOCC(F)(F)F.I. The molecule has 0 fully saturated rings. The highest BCUT2D eigenvalue weighted by Gasteiger charge is 2.27. The normalized spacial score (nSPS) is 11.6. The van der Waals surface area contributed by atoms with Gasteiger partial charge in [0.1, 0.15) is 12.4 Å². The zero-order valence-electron chi connectivity index (χ0n) is 14.4. The molecule has 0 saturated heterocycles. The van der Waals surface area contributed by atoms with Crippen LogP contribution in [-0.2, 0) is 11.3 Å². The Balaban J connectivity index is 0.00000576. The number of guanidine groups is 1. The van der Waals surface area contributed by atoms with E-state index in [1.165, 1.54) is 0 Å². The molecule has 2 N–H and O–H groups in total. The largest absolute Gasteiger partial charge is 0.496 e. The van der Waals surface area contributed by atoms with Crippen LogP contribution in [0, 0.1) is 0 Å². The second-order valence-corrected chi connectivity index (χ2v) is 4.96. The minimum atomic E-state index is -4.28. The molecule has 0 radical (unpaired) electrons. The van der Waals surface area contributed by atoms with Crippen molar-refractivity contribution < 1.29 is 22.6 Å². The molecule has 0 amide bonds. The van der Waals surface area contributed by atoms with Crippen molar-refractivity contribution in [2.75, 3.05) is 33.4 Å². The van der Waals surface area contributed by atoms with Gasteiger partial charge < -0.3 is 20.1 Å². The Labute approximate surface area is 163 Å². The second-order valence-electron chi connectivity index (χ2n) is 4.96. The summed E-state index contributed by atoms with van der Waals surface area (Å²) in [5.74, 6) is 1.36. The average Bonchev–Trinajstić information content (AvgIpc) is 2.54. The molecule has 0 aromatic heterocycles. The Kier molecular flexibility index (Phi) is 12.4. The molecular formula is C16H25F3IN3O2. The summed E-state index contributed by atoms with van der Waals surface area (Å²) >= 11 is 0. The van der Waals surface area contributed by atoms with E-state index in [2.05, 4.69) is 20.4 Å². The Morgan fingerprint density at radius 3 is 2.56 bits per heavy atom.